The number of aldehydes is 1. The molecule has 0 unspecified atom stereocenters. The Bertz CT molecular complexity index is 548. The number of nitrogens with one attached hydrogen (secondary N) is 2. The van der Waals surface area contributed by atoms with Crippen LogP contribution >= 0.6 is 15.9 Å². The largest absolute Gasteiger partial charge is 0.493 e. The molecule has 1 aromatic rings. The standard InChI is InChI=1S/C13H15BrN2O5/c1-15-12(18)5-16-13(19)7-21-11-3-8(6-17)9(14)4-10(11)20-2/h3-4,6H,5,7H2,1-2H3,(H,15,18)(H,16,19). The van der Waals surface area contributed by atoms with Crippen molar-refractivity contribution in [2.45, 2.75) is 0 Å². The van der Waals surface area contributed by atoms with Crippen molar-refractivity contribution in [3.8, 4) is 11.5 Å². The van der Waals surface area contributed by atoms with Crippen LogP contribution in [-0.2, 0) is 9.59 Å². The molecule has 114 valence electrons. The summed E-state index contributed by atoms with van der Waals surface area (Å²) in [7, 11) is 2.92. The average Bonchev–Trinajstić information content (AvgIpc) is 2.50. The van der Waals surface area contributed by atoms with Gasteiger partial charge in [-0.1, -0.05) is 0 Å². The molecule has 8 heteroatoms. The van der Waals surface area contributed by atoms with E-state index < -0.39 is 5.91 Å². The van der Waals surface area contributed by atoms with Crippen molar-refractivity contribution in [2.24, 2.45) is 0 Å². The van der Waals surface area contributed by atoms with Gasteiger partial charge >= 0.3 is 0 Å². The van der Waals surface area contributed by atoms with Gasteiger partial charge in [0.1, 0.15) is 0 Å². The number of methoxy groups -OCH3 is 1. The van der Waals surface area contributed by atoms with Gasteiger partial charge in [0.15, 0.2) is 24.4 Å². The van der Waals surface area contributed by atoms with Crippen LogP contribution < -0.4 is 20.1 Å². The smallest absolute Gasteiger partial charge is 0.258 e. The minimum atomic E-state index is -0.462. The first-order valence-electron chi connectivity index (χ1n) is 5.94. The van der Waals surface area contributed by atoms with Gasteiger partial charge in [-0.2, -0.15) is 0 Å². The quantitative estimate of drug-likeness (QED) is 0.692. The molecule has 0 fully saturated rings. The SMILES string of the molecule is CNC(=O)CNC(=O)COc1cc(C=O)c(Br)cc1OC. The van der Waals surface area contributed by atoms with Gasteiger partial charge < -0.3 is 20.1 Å². The maximum atomic E-state index is 11.5. The zero-order chi connectivity index (χ0) is 15.8. The molecule has 0 heterocycles. The lowest BCUT2D eigenvalue weighted by Gasteiger charge is -2.12. The fourth-order valence-corrected chi connectivity index (χ4v) is 1.79. The summed E-state index contributed by atoms with van der Waals surface area (Å²) in [4.78, 5) is 33.4. The van der Waals surface area contributed by atoms with Crippen LogP contribution in [0, 0.1) is 0 Å². The van der Waals surface area contributed by atoms with Crippen LogP contribution in [-0.4, -0.2) is 45.4 Å². The molecule has 7 nitrogen and oxygen atoms in total. The maximum Gasteiger partial charge on any atom is 0.258 e. The number of halogens is 1. The van der Waals surface area contributed by atoms with E-state index in [1.165, 1.54) is 20.2 Å². The van der Waals surface area contributed by atoms with E-state index in [4.69, 9.17) is 9.47 Å². The number of likely N-dealkylation sites (N-methyl/N-ethyl adjacent to an activating group) is 1. The van der Waals surface area contributed by atoms with Crippen LogP contribution in [0.25, 0.3) is 0 Å². The van der Waals surface area contributed by atoms with Crippen molar-refractivity contribution < 1.29 is 23.9 Å². The highest BCUT2D eigenvalue weighted by atomic mass is 79.9. The van der Waals surface area contributed by atoms with Crippen molar-refractivity contribution in [3.05, 3.63) is 22.2 Å². The molecule has 0 atom stereocenters. The first kappa shape index (κ1) is 17.0. The summed E-state index contributed by atoms with van der Waals surface area (Å²) in [6.45, 7) is -0.428. The van der Waals surface area contributed by atoms with Crippen molar-refractivity contribution in [2.75, 3.05) is 27.3 Å². The summed E-state index contributed by atoms with van der Waals surface area (Å²) in [5.74, 6) is -0.131. The van der Waals surface area contributed by atoms with Crippen LogP contribution in [0.1, 0.15) is 10.4 Å². The number of ether oxygens (including phenoxy) is 2. The fraction of sp³-hybridized carbons (Fsp3) is 0.308. The summed E-state index contributed by atoms with van der Waals surface area (Å²) in [6.07, 6.45) is 0.655. The van der Waals surface area contributed by atoms with Gasteiger partial charge in [-0.05, 0) is 28.1 Å². The van der Waals surface area contributed by atoms with Gasteiger partial charge in [0.25, 0.3) is 5.91 Å². The van der Waals surface area contributed by atoms with Crippen molar-refractivity contribution in [3.63, 3.8) is 0 Å². The molecule has 0 aromatic heterocycles. The molecular formula is C13H15BrN2O5. The molecular weight excluding hydrogens is 344 g/mol. The molecule has 0 spiro atoms. The Hall–Kier alpha value is -2.09. The third kappa shape index (κ3) is 5.07. The number of rotatable bonds is 7. The highest BCUT2D eigenvalue weighted by molar-refractivity contribution is 9.10. The summed E-state index contributed by atoms with van der Waals surface area (Å²) in [5.41, 5.74) is 0.372. The zero-order valence-corrected chi connectivity index (χ0v) is 13.2. The highest BCUT2D eigenvalue weighted by Gasteiger charge is 2.12. The summed E-state index contributed by atoms with van der Waals surface area (Å²) < 4.78 is 11.0. The second-order valence-corrected chi connectivity index (χ2v) is 4.74. The van der Waals surface area contributed by atoms with Gasteiger partial charge in [0.05, 0.1) is 13.7 Å². The van der Waals surface area contributed by atoms with Crippen LogP contribution in [0.15, 0.2) is 16.6 Å². The summed E-state index contributed by atoms with van der Waals surface area (Å²) in [5, 5.41) is 4.76. The van der Waals surface area contributed by atoms with Gasteiger partial charge in [-0.25, -0.2) is 0 Å². The topological polar surface area (TPSA) is 93.7 Å². The minimum absolute atomic E-state index is 0.129. The molecule has 0 radical (unpaired) electrons. The Morgan fingerprint density at radius 1 is 1.29 bits per heavy atom. The van der Waals surface area contributed by atoms with Crippen molar-refractivity contribution in [1.29, 1.82) is 0 Å². The zero-order valence-electron chi connectivity index (χ0n) is 11.6. The highest BCUT2D eigenvalue weighted by Crippen LogP contribution is 2.32. The second kappa shape index (κ2) is 8.25. The summed E-state index contributed by atoms with van der Waals surface area (Å²) >= 11 is 3.22. The van der Waals surface area contributed by atoms with Gasteiger partial charge in [-0.15, -0.1) is 0 Å². The normalized spacial score (nSPS) is 9.67. The van der Waals surface area contributed by atoms with E-state index in [0.29, 0.717) is 22.1 Å². The first-order chi connectivity index (χ1) is 10.0. The summed E-state index contributed by atoms with van der Waals surface area (Å²) in [6, 6.07) is 3.03. The van der Waals surface area contributed by atoms with Gasteiger partial charge in [0.2, 0.25) is 5.91 Å². The average molecular weight is 359 g/mol. The number of amides is 2. The molecule has 0 saturated carbocycles. The van der Waals surface area contributed by atoms with Gasteiger partial charge in [-0.3, -0.25) is 14.4 Å². The second-order valence-electron chi connectivity index (χ2n) is 3.88. The fourth-order valence-electron chi connectivity index (χ4n) is 1.38. The molecule has 1 aromatic carbocycles. The molecule has 2 amide bonds. The van der Waals surface area contributed by atoms with E-state index >= 15 is 0 Å². The molecule has 0 aliphatic heterocycles. The van der Waals surface area contributed by atoms with E-state index in [0.717, 1.165) is 0 Å². The molecule has 21 heavy (non-hydrogen) atoms. The molecule has 0 saturated heterocycles. The molecule has 0 bridgehead atoms. The Kier molecular flexibility index (Phi) is 6.67. The number of hydrogen-bond donors (Lipinski definition) is 2. The number of hydrogen-bond acceptors (Lipinski definition) is 5. The van der Waals surface area contributed by atoms with E-state index in [2.05, 4.69) is 26.6 Å². The van der Waals surface area contributed by atoms with E-state index in [1.54, 1.807) is 6.07 Å². The van der Waals surface area contributed by atoms with Crippen LogP contribution in [0.2, 0.25) is 0 Å². The Labute approximate surface area is 130 Å². The van der Waals surface area contributed by atoms with E-state index in [9.17, 15) is 14.4 Å². The Morgan fingerprint density at radius 2 is 2.00 bits per heavy atom. The molecule has 2 N–H and O–H groups in total. The number of carbonyl (C=O) groups is 3. The van der Waals surface area contributed by atoms with Crippen LogP contribution in [0.4, 0.5) is 0 Å². The lowest BCUT2D eigenvalue weighted by molar-refractivity contribution is -0.127. The molecule has 0 aliphatic rings. The number of carbonyl (C=O) groups excluding carboxylic acids is 3. The minimum Gasteiger partial charge on any atom is -0.493 e. The van der Waals surface area contributed by atoms with Crippen LogP contribution in [0.3, 0.4) is 0 Å². The predicted octanol–water partition coefficient (Wildman–Crippen LogP) is 0.511. The number of benzene rings is 1. The van der Waals surface area contributed by atoms with E-state index in [1.807, 2.05) is 0 Å². The third-order valence-electron chi connectivity index (χ3n) is 2.49. The Morgan fingerprint density at radius 3 is 2.57 bits per heavy atom. The van der Waals surface area contributed by atoms with Crippen molar-refractivity contribution >= 4 is 34.0 Å². The lowest BCUT2D eigenvalue weighted by atomic mass is 10.2. The molecule has 1 rings (SSSR count). The first-order valence-corrected chi connectivity index (χ1v) is 6.74. The Balaban J connectivity index is 2.68. The maximum absolute atomic E-state index is 11.5. The van der Waals surface area contributed by atoms with Crippen molar-refractivity contribution in [1.82, 2.24) is 10.6 Å². The lowest BCUT2D eigenvalue weighted by Crippen LogP contribution is -2.37. The third-order valence-corrected chi connectivity index (χ3v) is 3.18. The monoisotopic (exact) mass is 358 g/mol. The predicted molar refractivity (Wildman–Crippen MR) is 78.7 cm³/mol. The van der Waals surface area contributed by atoms with E-state index in [-0.39, 0.29) is 24.8 Å². The van der Waals surface area contributed by atoms with Gasteiger partial charge in [0, 0.05) is 17.1 Å². The van der Waals surface area contributed by atoms with Crippen LogP contribution in [0.5, 0.6) is 11.5 Å². The molecule has 0 aliphatic carbocycles.